The van der Waals surface area contributed by atoms with Crippen LogP contribution in [0.4, 0.5) is 0 Å². The summed E-state index contributed by atoms with van der Waals surface area (Å²) in [6, 6.07) is -0.618. The summed E-state index contributed by atoms with van der Waals surface area (Å²) in [6.07, 6.45) is 80.0. The number of nitrogens with one attached hydrogen (secondary N) is 1. The molecule has 0 saturated heterocycles. The number of aliphatic hydroxyl groups is 2. The Morgan fingerprint density at radius 3 is 0.765 bits per heavy atom. The monoisotopic (exact) mass is 958 g/mol. The number of hydrogen-bond donors (Lipinski definition) is 3. The zero-order valence-electron chi connectivity index (χ0n) is 46.9. The fraction of sp³-hybridized carbons (Fsp3) is 0.953. The van der Waals surface area contributed by atoms with Crippen LogP contribution in [-0.2, 0) is 4.79 Å². The zero-order chi connectivity index (χ0) is 49.2. The van der Waals surface area contributed by atoms with Crippen molar-refractivity contribution >= 4 is 5.91 Å². The van der Waals surface area contributed by atoms with E-state index in [1.165, 1.54) is 327 Å². The number of carbonyl (C=O) groups excluding carboxylic acids is 1. The van der Waals surface area contributed by atoms with Crippen molar-refractivity contribution in [2.75, 3.05) is 6.61 Å². The highest BCUT2D eigenvalue weighted by Gasteiger charge is 2.18. The molecule has 0 saturated carbocycles. The molecule has 0 rings (SSSR count). The van der Waals surface area contributed by atoms with Crippen molar-refractivity contribution in [3.05, 3.63) is 12.2 Å². The van der Waals surface area contributed by atoms with Gasteiger partial charge in [0.25, 0.3) is 0 Å². The molecule has 0 aliphatic carbocycles. The van der Waals surface area contributed by atoms with E-state index in [2.05, 4.69) is 19.2 Å². The first-order valence-electron chi connectivity index (χ1n) is 31.9. The molecule has 1 amide bonds. The second kappa shape index (κ2) is 60.4. The molecule has 68 heavy (non-hydrogen) atoms. The molecule has 0 aliphatic rings. The molecule has 0 aliphatic heterocycles. The predicted molar refractivity (Wildman–Crippen MR) is 304 cm³/mol. The third kappa shape index (κ3) is 56.0. The Labute approximate surface area is 428 Å². The number of allylic oxidation sites excluding steroid dienone is 1. The molecule has 2 unspecified atom stereocenters. The Kier molecular flexibility index (Phi) is 59.7. The number of hydrogen-bond acceptors (Lipinski definition) is 3. The van der Waals surface area contributed by atoms with Crippen molar-refractivity contribution < 1.29 is 15.0 Å². The Bertz CT molecular complexity index is 952. The van der Waals surface area contributed by atoms with Crippen molar-refractivity contribution in [2.24, 2.45) is 0 Å². The predicted octanol–water partition coefficient (Wildman–Crippen LogP) is 21.3. The van der Waals surface area contributed by atoms with E-state index in [-0.39, 0.29) is 12.5 Å². The van der Waals surface area contributed by atoms with Gasteiger partial charge in [-0.05, 0) is 19.3 Å². The van der Waals surface area contributed by atoms with Crippen LogP contribution in [0.3, 0.4) is 0 Å². The van der Waals surface area contributed by atoms with Gasteiger partial charge < -0.3 is 15.5 Å². The van der Waals surface area contributed by atoms with Crippen LogP contribution < -0.4 is 5.32 Å². The lowest BCUT2D eigenvalue weighted by Gasteiger charge is -2.20. The number of amides is 1. The molecule has 0 aromatic heterocycles. The Morgan fingerprint density at radius 2 is 0.544 bits per heavy atom. The van der Waals surface area contributed by atoms with Gasteiger partial charge in [-0.2, -0.15) is 0 Å². The summed E-state index contributed by atoms with van der Waals surface area (Å²) in [7, 11) is 0. The average molecular weight is 959 g/mol. The fourth-order valence-electron chi connectivity index (χ4n) is 10.4. The van der Waals surface area contributed by atoms with Crippen molar-refractivity contribution in [1.82, 2.24) is 5.32 Å². The largest absolute Gasteiger partial charge is 0.394 e. The second-order valence-electron chi connectivity index (χ2n) is 22.2. The van der Waals surface area contributed by atoms with Gasteiger partial charge in [0.2, 0.25) is 5.91 Å². The minimum Gasteiger partial charge on any atom is -0.394 e. The lowest BCUT2D eigenvalue weighted by molar-refractivity contribution is -0.123. The van der Waals surface area contributed by atoms with E-state index in [9.17, 15) is 15.0 Å². The van der Waals surface area contributed by atoms with Gasteiger partial charge in [0.1, 0.15) is 0 Å². The summed E-state index contributed by atoms with van der Waals surface area (Å²) in [5, 5.41) is 23.1. The fourth-order valence-corrected chi connectivity index (χ4v) is 10.4. The standard InChI is InChI=1S/C64H127NO3/c1-3-5-7-9-11-13-15-17-19-20-21-22-23-24-25-26-27-28-29-30-31-32-33-34-35-36-37-38-39-40-41-42-43-44-46-48-50-52-54-56-58-60-64(68)65-62(61-66)63(67)59-57-55-53-51-49-47-45-18-16-14-12-10-8-6-4-2/h57,59,62-63,66-67H,3-56,58,60-61H2,1-2H3,(H,65,68)/b59-57+. The zero-order valence-corrected chi connectivity index (χ0v) is 46.9. The number of unbranched alkanes of at least 4 members (excludes halogenated alkanes) is 53. The molecule has 0 radical (unpaired) electrons. The highest BCUT2D eigenvalue weighted by atomic mass is 16.3. The van der Waals surface area contributed by atoms with E-state index in [0.29, 0.717) is 6.42 Å². The SMILES string of the molecule is CCCCCCCCCCCCCCC/C=C/C(O)C(CO)NC(=O)CCCCCCCCCCCCCCCCCCCCCCCCCCCCCCCCCCCCCCCCCCC. The van der Waals surface area contributed by atoms with Crippen LogP contribution in [0.5, 0.6) is 0 Å². The van der Waals surface area contributed by atoms with Gasteiger partial charge in [-0.15, -0.1) is 0 Å². The van der Waals surface area contributed by atoms with Crippen molar-refractivity contribution in [3.8, 4) is 0 Å². The highest BCUT2D eigenvalue weighted by Crippen LogP contribution is 2.19. The molecule has 4 nitrogen and oxygen atoms in total. The summed E-state index contributed by atoms with van der Waals surface area (Å²) in [5.74, 6) is -0.0558. The smallest absolute Gasteiger partial charge is 0.220 e. The van der Waals surface area contributed by atoms with Crippen molar-refractivity contribution in [1.29, 1.82) is 0 Å². The minimum absolute atomic E-state index is 0.0558. The summed E-state index contributed by atoms with van der Waals surface area (Å²) in [5.41, 5.74) is 0. The number of rotatable bonds is 60. The van der Waals surface area contributed by atoms with Crippen LogP contribution in [0.25, 0.3) is 0 Å². The van der Waals surface area contributed by atoms with E-state index in [0.717, 1.165) is 25.7 Å². The van der Waals surface area contributed by atoms with E-state index in [4.69, 9.17) is 0 Å². The van der Waals surface area contributed by atoms with Gasteiger partial charge in [0.15, 0.2) is 0 Å². The molecule has 406 valence electrons. The maximum Gasteiger partial charge on any atom is 0.220 e. The third-order valence-electron chi connectivity index (χ3n) is 15.3. The molecule has 0 aromatic rings. The van der Waals surface area contributed by atoms with E-state index in [1.807, 2.05) is 6.08 Å². The molecule has 0 aromatic carbocycles. The highest BCUT2D eigenvalue weighted by molar-refractivity contribution is 5.76. The van der Waals surface area contributed by atoms with Gasteiger partial charge in [-0.3, -0.25) is 4.79 Å². The first-order valence-corrected chi connectivity index (χ1v) is 31.9. The Balaban J connectivity index is 3.33. The molecular formula is C64H127NO3. The molecule has 0 heterocycles. The van der Waals surface area contributed by atoms with Gasteiger partial charge in [0, 0.05) is 6.42 Å². The normalized spacial score (nSPS) is 12.7. The van der Waals surface area contributed by atoms with Gasteiger partial charge in [-0.25, -0.2) is 0 Å². The van der Waals surface area contributed by atoms with Gasteiger partial charge in [0.05, 0.1) is 18.8 Å². The van der Waals surface area contributed by atoms with Crippen molar-refractivity contribution in [2.45, 2.75) is 386 Å². The van der Waals surface area contributed by atoms with Crippen molar-refractivity contribution in [3.63, 3.8) is 0 Å². The lowest BCUT2D eigenvalue weighted by atomic mass is 10.0. The third-order valence-corrected chi connectivity index (χ3v) is 15.3. The van der Waals surface area contributed by atoms with Crippen LogP contribution in [0.15, 0.2) is 12.2 Å². The molecule has 2 atom stereocenters. The van der Waals surface area contributed by atoms with Crippen LogP contribution >= 0.6 is 0 Å². The van der Waals surface area contributed by atoms with Crippen LogP contribution in [-0.4, -0.2) is 34.9 Å². The minimum atomic E-state index is -0.835. The summed E-state index contributed by atoms with van der Waals surface area (Å²) in [4.78, 5) is 12.5. The number of aliphatic hydroxyl groups excluding tert-OH is 2. The van der Waals surface area contributed by atoms with E-state index < -0.39 is 12.1 Å². The maximum absolute atomic E-state index is 12.5. The first-order chi connectivity index (χ1) is 33.7. The quantitative estimate of drug-likeness (QED) is 0.0420. The Hall–Kier alpha value is -0.870. The van der Waals surface area contributed by atoms with E-state index in [1.54, 1.807) is 6.08 Å². The van der Waals surface area contributed by atoms with Crippen LogP contribution in [0, 0.1) is 0 Å². The van der Waals surface area contributed by atoms with E-state index >= 15 is 0 Å². The second-order valence-corrected chi connectivity index (χ2v) is 22.2. The lowest BCUT2D eigenvalue weighted by Crippen LogP contribution is -2.45. The molecule has 4 heteroatoms. The van der Waals surface area contributed by atoms with Gasteiger partial charge in [-0.1, -0.05) is 360 Å². The Morgan fingerprint density at radius 1 is 0.338 bits per heavy atom. The summed E-state index contributed by atoms with van der Waals surface area (Å²) >= 11 is 0. The van der Waals surface area contributed by atoms with Gasteiger partial charge >= 0.3 is 0 Å². The van der Waals surface area contributed by atoms with Crippen LogP contribution in [0.2, 0.25) is 0 Å². The molecular weight excluding hydrogens is 831 g/mol. The summed E-state index contributed by atoms with van der Waals surface area (Å²) in [6.45, 7) is 4.35. The topological polar surface area (TPSA) is 69.6 Å². The molecule has 0 spiro atoms. The average Bonchev–Trinajstić information content (AvgIpc) is 3.34. The molecule has 0 bridgehead atoms. The van der Waals surface area contributed by atoms with Crippen LogP contribution in [0.1, 0.15) is 373 Å². The maximum atomic E-state index is 12.5. The molecule has 3 N–H and O–H groups in total. The number of carbonyl (C=O) groups is 1. The molecule has 0 fully saturated rings. The summed E-state index contributed by atoms with van der Waals surface area (Å²) < 4.78 is 0. The first kappa shape index (κ1) is 67.1.